The van der Waals surface area contributed by atoms with Crippen LogP contribution in [0, 0.1) is 0 Å². The van der Waals surface area contributed by atoms with Gasteiger partial charge in [-0.25, -0.2) is 10.1 Å². The van der Waals surface area contributed by atoms with Crippen LogP contribution < -0.4 is 21.3 Å². The number of methoxy groups -OCH3 is 1. The largest absolute Gasteiger partial charge is 0.495 e. The monoisotopic (exact) mass is 393 g/mol. The molecule has 7 heteroatoms. The Kier molecular flexibility index (Phi) is 6.69. The molecule has 0 fully saturated rings. The fourth-order valence-corrected chi connectivity index (χ4v) is 3.56. The third-order valence-corrected chi connectivity index (χ3v) is 5.71. The zero-order valence-electron chi connectivity index (χ0n) is 15.3. The molecular formula is C19H24ClN3O2S. The lowest BCUT2D eigenvalue weighted by atomic mass is 10.0. The molecule has 5 nitrogen and oxygen atoms in total. The summed E-state index contributed by atoms with van der Waals surface area (Å²) in [6.45, 7) is 5.92. The van der Waals surface area contributed by atoms with Crippen LogP contribution in [0.3, 0.4) is 0 Å². The van der Waals surface area contributed by atoms with Crippen molar-refractivity contribution in [2.45, 2.75) is 31.6 Å². The van der Waals surface area contributed by atoms with Gasteiger partial charge in [-0.15, -0.1) is 0 Å². The number of anilines is 1. The molecule has 1 unspecified atom stereocenters. The number of rotatable bonds is 6. The molecule has 0 aliphatic rings. The van der Waals surface area contributed by atoms with E-state index < -0.39 is 10.8 Å². The molecule has 1 atom stereocenters. The van der Waals surface area contributed by atoms with Gasteiger partial charge in [-0.3, -0.25) is 5.01 Å². The van der Waals surface area contributed by atoms with Crippen LogP contribution in [0.15, 0.2) is 58.1 Å². The second-order valence-corrected chi connectivity index (χ2v) is 8.01. The van der Waals surface area contributed by atoms with Crippen LogP contribution in [0.1, 0.15) is 32.3 Å². The molecule has 4 N–H and O–H groups in total. The Balaban J connectivity index is 2.35. The molecule has 0 aromatic heterocycles. The van der Waals surface area contributed by atoms with Gasteiger partial charge in [-0.1, -0.05) is 37.6 Å². The Labute approximate surface area is 162 Å². The van der Waals surface area contributed by atoms with Crippen molar-refractivity contribution in [3.63, 3.8) is 0 Å². The van der Waals surface area contributed by atoms with Crippen molar-refractivity contribution in [1.29, 1.82) is 0 Å². The predicted octanol–water partition coefficient (Wildman–Crippen LogP) is 4.11. The number of allylic oxidation sites excluding steroid dienone is 1. The molecular weight excluding hydrogens is 370 g/mol. The zero-order chi connectivity index (χ0) is 19.4. The number of hydrazine groups is 1. The molecule has 2 aromatic carbocycles. The van der Waals surface area contributed by atoms with Crippen LogP contribution >= 0.6 is 11.6 Å². The summed E-state index contributed by atoms with van der Waals surface area (Å²) in [7, 11) is 0.0130. The van der Waals surface area contributed by atoms with Crippen LogP contribution in [-0.4, -0.2) is 11.3 Å². The maximum atomic E-state index is 12.8. The van der Waals surface area contributed by atoms with Crippen molar-refractivity contribution in [3.8, 4) is 5.75 Å². The molecule has 0 saturated carbocycles. The highest BCUT2D eigenvalue weighted by atomic mass is 35.5. The molecule has 0 radical (unpaired) electrons. The topological polar surface area (TPSA) is 81.6 Å². The molecule has 2 rings (SSSR count). The smallest absolute Gasteiger partial charge is 0.144 e. The number of hydrogen-bond acceptors (Lipinski definition) is 5. The first-order valence-corrected chi connectivity index (χ1v) is 9.65. The molecule has 0 heterocycles. The van der Waals surface area contributed by atoms with Gasteiger partial charge < -0.3 is 10.5 Å². The highest BCUT2D eigenvalue weighted by molar-refractivity contribution is 7.89. The lowest BCUT2D eigenvalue weighted by molar-refractivity contribution is 0.415. The lowest BCUT2D eigenvalue weighted by Gasteiger charge is -2.23. The first-order chi connectivity index (χ1) is 12.3. The maximum absolute atomic E-state index is 12.8. The summed E-state index contributed by atoms with van der Waals surface area (Å²) < 4.78 is 18.1. The number of halogens is 1. The highest BCUT2D eigenvalue weighted by Gasteiger charge is 2.17. The van der Waals surface area contributed by atoms with E-state index in [1.54, 1.807) is 25.1 Å². The summed E-state index contributed by atoms with van der Waals surface area (Å²) in [5.41, 5.74) is 8.31. The second-order valence-electron chi connectivity index (χ2n) is 6.13. The predicted molar refractivity (Wildman–Crippen MR) is 108 cm³/mol. The standard InChI is InChI=1S/C19H24ClN3O2S/c1-12(2)14-5-8-16(9-6-14)26(24)19(21)13(3)23(22)17-11-15(20)7-10-18(17)25-4/h5-12H,21-22H2,1-4H3/b19-13+. The number of nitrogens with zero attached hydrogens (tertiary/aromatic N) is 1. The third kappa shape index (κ3) is 4.38. The summed E-state index contributed by atoms with van der Waals surface area (Å²) in [6.07, 6.45) is 0. The minimum Gasteiger partial charge on any atom is -0.495 e. The summed E-state index contributed by atoms with van der Waals surface area (Å²) in [5.74, 6) is 7.13. The Morgan fingerprint density at radius 3 is 2.35 bits per heavy atom. The van der Waals surface area contributed by atoms with Crippen LogP contribution in [-0.2, 0) is 10.8 Å². The van der Waals surface area contributed by atoms with E-state index in [9.17, 15) is 4.21 Å². The minimum absolute atomic E-state index is 0.173. The van der Waals surface area contributed by atoms with Gasteiger partial charge >= 0.3 is 0 Å². The first kappa shape index (κ1) is 20.3. The summed E-state index contributed by atoms with van der Waals surface area (Å²) >= 11 is 6.06. The van der Waals surface area contributed by atoms with Crippen molar-refractivity contribution in [3.05, 3.63) is 63.8 Å². The average molecular weight is 394 g/mol. The van der Waals surface area contributed by atoms with Crippen LogP contribution in [0.4, 0.5) is 5.69 Å². The molecule has 0 amide bonds. The first-order valence-electron chi connectivity index (χ1n) is 8.12. The van der Waals surface area contributed by atoms with Crippen molar-refractivity contribution in [1.82, 2.24) is 0 Å². The van der Waals surface area contributed by atoms with Gasteiger partial charge in [-0.05, 0) is 48.7 Å². The van der Waals surface area contributed by atoms with Crippen molar-refractivity contribution in [2.75, 3.05) is 12.1 Å². The van der Waals surface area contributed by atoms with E-state index in [0.717, 1.165) is 0 Å². The van der Waals surface area contributed by atoms with Gasteiger partial charge in [0.2, 0.25) is 0 Å². The fourth-order valence-electron chi connectivity index (χ4n) is 2.39. The second kappa shape index (κ2) is 8.58. The Morgan fingerprint density at radius 2 is 1.81 bits per heavy atom. The zero-order valence-corrected chi connectivity index (χ0v) is 16.9. The molecule has 0 saturated heterocycles. The minimum atomic E-state index is -1.53. The third-order valence-electron chi connectivity index (χ3n) is 4.08. The van der Waals surface area contributed by atoms with Crippen LogP contribution in [0.2, 0.25) is 5.02 Å². The van der Waals surface area contributed by atoms with Crippen LogP contribution in [0.5, 0.6) is 5.75 Å². The van der Waals surface area contributed by atoms with E-state index in [1.165, 1.54) is 17.7 Å². The number of nitrogens with two attached hydrogens (primary N) is 2. The van der Waals surface area contributed by atoms with Gasteiger partial charge in [0.05, 0.1) is 12.8 Å². The van der Waals surface area contributed by atoms with Gasteiger partial charge in [0.1, 0.15) is 27.3 Å². The van der Waals surface area contributed by atoms with Gasteiger partial charge in [-0.2, -0.15) is 0 Å². The molecule has 0 bridgehead atoms. The molecule has 2 aromatic rings. The number of benzene rings is 2. The summed E-state index contributed by atoms with van der Waals surface area (Å²) in [5, 5.41) is 2.01. The lowest BCUT2D eigenvalue weighted by Crippen LogP contribution is -2.32. The highest BCUT2D eigenvalue weighted by Crippen LogP contribution is 2.32. The summed E-state index contributed by atoms with van der Waals surface area (Å²) in [6, 6.07) is 12.6. The molecule has 0 aliphatic carbocycles. The van der Waals surface area contributed by atoms with E-state index in [1.807, 2.05) is 24.3 Å². The van der Waals surface area contributed by atoms with Gasteiger partial charge in [0, 0.05) is 9.92 Å². The Bertz CT molecular complexity index is 835. The Morgan fingerprint density at radius 1 is 1.19 bits per heavy atom. The molecule has 26 heavy (non-hydrogen) atoms. The van der Waals surface area contributed by atoms with E-state index in [4.69, 9.17) is 27.9 Å². The molecule has 0 aliphatic heterocycles. The van der Waals surface area contributed by atoms with Crippen LogP contribution in [0.25, 0.3) is 0 Å². The Hall–Kier alpha value is -2.02. The van der Waals surface area contributed by atoms with E-state index in [-0.39, 0.29) is 5.03 Å². The normalized spacial score (nSPS) is 13.3. The van der Waals surface area contributed by atoms with Crippen molar-refractivity contribution in [2.24, 2.45) is 11.6 Å². The summed E-state index contributed by atoms with van der Waals surface area (Å²) in [4.78, 5) is 0.623. The number of hydrogen-bond donors (Lipinski definition) is 2. The van der Waals surface area contributed by atoms with Gasteiger partial charge in [0.25, 0.3) is 0 Å². The van der Waals surface area contributed by atoms with Crippen molar-refractivity contribution >= 4 is 28.1 Å². The van der Waals surface area contributed by atoms with E-state index in [0.29, 0.717) is 33.0 Å². The molecule has 140 valence electrons. The van der Waals surface area contributed by atoms with E-state index >= 15 is 0 Å². The number of ether oxygens (including phenoxy) is 1. The maximum Gasteiger partial charge on any atom is 0.144 e. The van der Waals surface area contributed by atoms with Crippen molar-refractivity contribution < 1.29 is 8.95 Å². The average Bonchev–Trinajstić information content (AvgIpc) is 2.65. The molecule has 0 spiro atoms. The van der Waals surface area contributed by atoms with E-state index in [2.05, 4.69) is 13.8 Å². The quantitative estimate of drug-likeness (QED) is 0.570. The SMILES string of the molecule is COc1ccc(Cl)cc1N(N)/C(C)=C(\N)S(=O)c1ccc(C(C)C)cc1. The fraction of sp³-hybridized carbons (Fsp3) is 0.263. The van der Waals surface area contributed by atoms with Gasteiger partial charge in [0.15, 0.2) is 0 Å².